The second-order valence-corrected chi connectivity index (χ2v) is 20.9. The number of carbonyl (C=O) groups excluding carboxylic acids is 3. The average Bonchev–Trinajstić information content (AvgIpc) is 4.27. The molecule has 74 heavy (non-hydrogen) atoms. The van der Waals surface area contributed by atoms with Crippen molar-refractivity contribution >= 4 is 80.1 Å². The molecule has 380 valence electrons. The van der Waals surface area contributed by atoms with Gasteiger partial charge in [0.05, 0.1) is 34.5 Å². The van der Waals surface area contributed by atoms with Crippen LogP contribution in [0.5, 0.6) is 0 Å². The molecule has 0 saturated carbocycles. The number of rotatable bonds is 12. The van der Waals surface area contributed by atoms with Gasteiger partial charge >= 0.3 is 0 Å². The number of benzene rings is 5. The molecule has 3 aromatic heterocycles. The van der Waals surface area contributed by atoms with Crippen LogP contribution in [0, 0.1) is 17.5 Å². The highest BCUT2D eigenvalue weighted by Gasteiger charge is 2.45. The third-order valence-electron chi connectivity index (χ3n) is 14.0. The number of likely N-dealkylation sites (tertiary alicyclic amines) is 1. The zero-order valence-corrected chi connectivity index (χ0v) is 42.3. The Kier molecular flexibility index (Phi) is 14.7. The summed E-state index contributed by atoms with van der Waals surface area (Å²) in [5, 5.41) is 25.9. The summed E-state index contributed by atoms with van der Waals surface area (Å²) < 4.78 is 40.4. The van der Waals surface area contributed by atoms with Crippen molar-refractivity contribution < 1.29 is 27.6 Å². The average molecular weight is 1040 g/mol. The van der Waals surface area contributed by atoms with Crippen LogP contribution in [0.4, 0.5) is 30.2 Å². The zero-order chi connectivity index (χ0) is 51.4. The van der Waals surface area contributed by atoms with Gasteiger partial charge in [-0.25, -0.2) is 23.1 Å². The first-order chi connectivity index (χ1) is 35.9. The van der Waals surface area contributed by atoms with E-state index in [4.69, 9.17) is 0 Å². The number of carbonyl (C=O) groups is 3. The number of hydrogen-bond acceptors (Lipinski definition) is 12. The monoisotopic (exact) mass is 1040 g/mol. The van der Waals surface area contributed by atoms with E-state index in [1.54, 1.807) is 60.6 Å². The molecule has 5 aromatic carbocycles. The molecule has 3 amide bonds. The van der Waals surface area contributed by atoms with Crippen molar-refractivity contribution in [3.8, 4) is 33.9 Å². The highest BCUT2D eigenvalue weighted by molar-refractivity contribution is 8.01. The van der Waals surface area contributed by atoms with Gasteiger partial charge in [0.1, 0.15) is 26.9 Å². The molecule has 6 heterocycles. The van der Waals surface area contributed by atoms with Crippen LogP contribution in [-0.2, 0) is 14.4 Å². The number of anilines is 3. The molecule has 3 aliphatic rings. The van der Waals surface area contributed by atoms with Crippen molar-refractivity contribution in [1.29, 1.82) is 0 Å². The Balaban J connectivity index is 0.000000202. The van der Waals surface area contributed by atoms with E-state index in [0.717, 1.165) is 63.0 Å². The molecule has 11 rings (SSSR count). The van der Waals surface area contributed by atoms with E-state index in [-0.39, 0.29) is 41.7 Å². The summed E-state index contributed by atoms with van der Waals surface area (Å²) >= 11 is 3.09. The minimum Gasteiger partial charge on any atom is -0.368 e. The quantitative estimate of drug-likeness (QED) is 0.0790. The molecule has 0 aliphatic carbocycles. The van der Waals surface area contributed by atoms with Crippen LogP contribution in [-0.4, -0.2) is 139 Å². The highest BCUT2D eigenvalue weighted by Crippen LogP contribution is 2.37. The Hall–Kier alpha value is -7.26. The van der Waals surface area contributed by atoms with E-state index < -0.39 is 9.49 Å². The van der Waals surface area contributed by atoms with Crippen LogP contribution in [0.2, 0.25) is 0 Å². The Morgan fingerprint density at radius 3 is 1.76 bits per heavy atom. The summed E-state index contributed by atoms with van der Waals surface area (Å²) in [5.74, 6) is -0.719. The van der Waals surface area contributed by atoms with Crippen molar-refractivity contribution in [2.45, 2.75) is 22.3 Å². The number of fused-ring (bicyclic) bond motifs is 2. The maximum Gasteiger partial charge on any atom is 0.241 e. The number of nitrogens with zero attached hydrogens (tertiary/aromatic N) is 7. The van der Waals surface area contributed by atoms with Gasteiger partial charge in [-0.15, -0.1) is 23.5 Å². The first-order valence-corrected chi connectivity index (χ1v) is 26.6. The van der Waals surface area contributed by atoms with Crippen molar-refractivity contribution in [2.24, 2.45) is 0 Å². The number of aromatic nitrogens is 6. The number of piperazine rings is 1. The summed E-state index contributed by atoms with van der Waals surface area (Å²) in [6.07, 6.45) is 8.50. The number of amides is 3. The molecule has 0 spiro atoms. The van der Waals surface area contributed by atoms with Crippen molar-refractivity contribution in [3.63, 3.8) is 0 Å². The lowest BCUT2D eigenvalue weighted by atomic mass is 10.1. The summed E-state index contributed by atoms with van der Waals surface area (Å²) in [4.78, 5) is 54.1. The van der Waals surface area contributed by atoms with Gasteiger partial charge in [0.2, 0.25) is 17.7 Å². The van der Waals surface area contributed by atoms with Gasteiger partial charge < -0.3 is 25.8 Å². The Morgan fingerprint density at radius 1 is 0.662 bits per heavy atom. The first-order valence-electron chi connectivity index (χ1n) is 24.2. The fourth-order valence-corrected chi connectivity index (χ4v) is 11.4. The Morgan fingerprint density at radius 2 is 1.23 bits per heavy atom. The number of thioether (sulfide) groups is 2. The minimum atomic E-state index is -0.703. The van der Waals surface area contributed by atoms with E-state index in [1.807, 2.05) is 59.9 Å². The van der Waals surface area contributed by atoms with E-state index in [1.165, 1.54) is 42.1 Å². The molecular weight excluding hydrogens is 986 g/mol. The Labute approximate surface area is 433 Å². The summed E-state index contributed by atoms with van der Waals surface area (Å²) in [5.41, 5.74) is 7.15. The Bertz CT molecular complexity index is 3310. The third-order valence-corrected chi connectivity index (χ3v) is 16.6. The van der Waals surface area contributed by atoms with Crippen molar-refractivity contribution in [1.82, 2.24) is 45.5 Å². The molecular formula is C54H53F3N12O3S2. The lowest BCUT2D eigenvalue weighted by Crippen LogP contribution is -2.51. The van der Waals surface area contributed by atoms with Crippen LogP contribution >= 0.6 is 23.5 Å². The normalized spacial score (nSPS) is 18.9. The second-order valence-electron chi connectivity index (χ2n) is 18.5. The SMILES string of the molecule is CS[C@@]1(C(=O)Nc2ccc3[nH]nc(-c4ccc(F)cc4)c3c2)CCN(CC(=O)N2CCN(c3ccc(-c4ncccn4)c(F)c3)CC2)C1.CS[C@@]1(C(=O)Nc2ccc3[nH]nc(-c4ccc(F)cc4)c3c2)CCNC1. The molecule has 3 aliphatic heterocycles. The fraction of sp³-hybridized carbons (Fsp3) is 0.278. The molecule has 0 unspecified atom stereocenters. The van der Waals surface area contributed by atoms with E-state index in [2.05, 4.69) is 56.1 Å². The summed E-state index contributed by atoms with van der Waals surface area (Å²) in [6.45, 7) is 5.09. The standard InChI is InChI=1S/C35H34F2N8O2S.C19H19FN4OS/c1-48-35(34(47)40-25-7-10-30-28(19-25)32(42-41-30)23-3-5-24(36)6-4-23)11-14-43(22-35)21-31(46)45-17-15-44(16-18-45)26-8-9-27(29(37)20-26)33-38-12-2-13-39-33;1-26-19(8-9-21-11-19)18(25)22-14-6-7-16-15(10-14)17(24-23-16)12-2-4-13(20)5-3-12/h2-10,12-13,19-20H,11,14-18,21-22H2,1H3,(H,40,47)(H,41,42);2-7,10,21H,8-9,11H2,1H3,(H,22,25)(H,23,24)/t35-;19-/m00/s1. The molecule has 0 bridgehead atoms. The molecule has 15 nitrogen and oxygen atoms in total. The number of hydrogen-bond donors (Lipinski definition) is 5. The predicted molar refractivity (Wildman–Crippen MR) is 287 cm³/mol. The number of halogens is 3. The van der Waals surface area contributed by atoms with Crippen molar-refractivity contribution in [2.75, 3.05) is 86.9 Å². The van der Waals surface area contributed by atoms with Crippen LogP contribution in [0.3, 0.4) is 0 Å². The van der Waals surface area contributed by atoms with Gasteiger partial charge in [-0.05, 0) is 141 Å². The molecule has 2 atom stereocenters. The van der Waals surface area contributed by atoms with Crippen molar-refractivity contribution in [3.05, 3.63) is 139 Å². The van der Waals surface area contributed by atoms with Crippen LogP contribution in [0.1, 0.15) is 12.8 Å². The molecule has 0 radical (unpaired) electrons. The van der Waals surface area contributed by atoms with Gasteiger partial charge in [0.15, 0.2) is 5.82 Å². The van der Waals surface area contributed by atoms with E-state index in [0.29, 0.717) is 75.0 Å². The lowest BCUT2D eigenvalue weighted by molar-refractivity contribution is -0.132. The van der Waals surface area contributed by atoms with Gasteiger partial charge in [-0.3, -0.25) is 29.5 Å². The first kappa shape index (κ1) is 50.3. The second kappa shape index (κ2) is 21.7. The lowest BCUT2D eigenvalue weighted by Gasteiger charge is -2.37. The molecule has 3 saturated heterocycles. The fourth-order valence-electron chi connectivity index (χ4n) is 9.72. The van der Waals surface area contributed by atoms with Crippen LogP contribution in [0.15, 0.2) is 122 Å². The van der Waals surface area contributed by atoms with Gasteiger partial charge in [-0.1, -0.05) is 0 Å². The molecule has 20 heteroatoms. The third kappa shape index (κ3) is 10.6. The maximum atomic E-state index is 14.9. The van der Waals surface area contributed by atoms with Crippen LogP contribution in [0.25, 0.3) is 55.7 Å². The topological polar surface area (TPSA) is 180 Å². The van der Waals surface area contributed by atoms with Gasteiger partial charge in [0.25, 0.3) is 0 Å². The number of H-pyrrole nitrogens is 2. The largest absolute Gasteiger partial charge is 0.368 e. The smallest absolute Gasteiger partial charge is 0.241 e. The maximum absolute atomic E-state index is 14.9. The molecule has 5 N–H and O–H groups in total. The summed E-state index contributed by atoms with van der Waals surface area (Å²) in [6, 6.07) is 30.3. The highest BCUT2D eigenvalue weighted by atomic mass is 32.2. The van der Waals surface area contributed by atoms with E-state index >= 15 is 0 Å². The van der Waals surface area contributed by atoms with Gasteiger partial charge in [-0.2, -0.15) is 10.2 Å². The number of aromatic amines is 2. The predicted octanol–water partition coefficient (Wildman–Crippen LogP) is 8.46. The van der Waals surface area contributed by atoms with Crippen LogP contribution < -0.4 is 20.9 Å². The van der Waals surface area contributed by atoms with Gasteiger partial charge in [0, 0.05) is 97.2 Å². The zero-order valence-electron chi connectivity index (χ0n) is 40.6. The van der Waals surface area contributed by atoms with E-state index in [9.17, 15) is 27.6 Å². The minimum absolute atomic E-state index is 0.0150. The summed E-state index contributed by atoms with van der Waals surface area (Å²) in [7, 11) is 0. The molecule has 8 aromatic rings. The number of nitrogens with one attached hydrogen (secondary N) is 5. The molecule has 3 fully saturated rings.